The van der Waals surface area contributed by atoms with Crippen molar-refractivity contribution in [3.63, 3.8) is 0 Å². The zero-order valence-corrected chi connectivity index (χ0v) is 10.6. The first-order chi connectivity index (χ1) is 8.25. The third-order valence-electron chi connectivity index (χ3n) is 2.62. The van der Waals surface area contributed by atoms with Crippen LogP contribution in [0.3, 0.4) is 0 Å². The molecule has 4 nitrogen and oxygen atoms in total. The van der Waals surface area contributed by atoms with Crippen LogP contribution < -0.4 is 5.73 Å². The van der Waals surface area contributed by atoms with Crippen LogP contribution in [0.5, 0.6) is 0 Å². The first-order valence-electron chi connectivity index (χ1n) is 5.32. The average molecular weight is 262 g/mol. The van der Waals surface area contributed by atoms with Gasteiger partial charge in [0.1, 0.15) is 15.7 Å². The molecule has 0 bridgehead atoms. The predicted molar refractivity (Wildman–Crippen MR) is 71.0 cm³/mol. The summed E-state index contributed by atoms with van der Waals surface area (Å²) in [6, 6.07) is 0. The van der Waals surface area contributed by atoms with Gasteiger partial charge in [-0.25, -0.2) is 4.98 Å². The molecule has 2 aromatic heterocycles. The van der Waals surface area contributed by atoms with Gasteiger partial charge in [-0.2, -0.15) is 0 Å². The fraction of sp³-hybridized carbons (Fsp3) is 0.273. The second kappa shape index (κ2) is 4.12. The highest BCUT2D eigenvalue weighted by atomic mass is 32.1. The van der Waals surface area contributed by atoms with Crippen LogP contribution in [0.15, 0.2) is 18.6 Å². The number of hydrogen-bond donors (Lipinski definition) is 1. The highest BCUT2D eigenvalue weighted by Crippen LogP contribution is 2.43. The van der Waals surface area contributed by atoms with E-state index >= 15 is 0 Å². The summed E-state index contributed by atoms with van der Waals surface area (Å²) < 4.78 is 0. The van der Waals surface area contributed by atoms with E-state index in [1.54, 1.807) is 18.6 Å². The van der Waals surface area contributed by atoms with Gasteiger partial charge in [0.25, 0.3) is 0 Å². The van der Waals surface area contributed by atoms with Crippen molar-refractivity contribution in [2.24, 2.45) is 5.73 Å². The summed E-state index contributed by atoms with van der Waals surface area (Å²) in [5.41, 5.74) is 7.56. The summed E-state index contributed by atoms with van der Waals surface area (Å²) in [6.45, 7) is 0. The standard InChI is InChI=1S/C11H10N4S2/c12-10(16)9-8(6-1-2-6)15-11(17-9)7-5-13-3-4-14-7/h3-6H,1-2H2,(H2,12,16). The molecule has 2 N–H and O–H groups in total. The number of rotatable bonds is 3. The summed E-state index contributed by atoms with van der Waals surface area (Å²) in [5.74, 6) is 0.535. The molecule has 0 amide bonds. The summed E-state index contributed by atoms with van der Waals surface area (Å²) in [7, 11) is 0. The molecular weight excluding hydrogens is 252 g/mol. The van der Waals surface area contributed by atoms with Gasteiger partial charge in [-0.3, -0.25) is 9.97 Å². The highest BCUT2D eigenvalue weighted by Gasteiger charge is 2.30. The van der Waals surface area contributed by atoms with Gasteiger partial charge < -0.3 is 5.73 Å². The van der Waals surface area contributed by atoms with Gasteiger partial charge in [0.05, 0.1) is 16.8 Å². The largest absolute Gasteiger partial charge is 0.389 e. The smallest absolute Gasteiger partial charge is 0.144 e. The Kier molecular flexibility index (Phi) is 2.60. The van der Waals surface area contributed by atoms with E-state index in [2.05, 4.69) is 15.0 Å². The quantitative estimate of drug-likeness (QED) is 0.858. The molecule has 1 aliphatic carbocycles. The van der Waals surface area contributed by atoms with Crippen LogP contribution in [-0.2, 0) is 0 Å². The van der Waals surface area contributed by atoms with E-state index in [1.807, 2.05) is 0 Å². The van der Waals surface area contributed by atoms with Gasteiger partial charge >= 0.3 is 0 Å². The van der Waals surface area contributed by atoms with E-state index in [0.717, 1.165) is 21.3 Å². The topological polar surface area (TPSA) is 64.7 Å². The lowest BCUT2D eigenvalue weighted by Crippen LogP contribution is -2.09. The maximum atomic E-state index is 5.74. The lowest BCUT2D eigenvalue weighted by molar-refractivity contribution is 1.04. The Morgan fingerprint density at radius 2 is 2.24 bits per heavy atom. The maximum absolute atomic E-state index is 5.74. The van der Waals surface area contributed by atoms with Crippen LogP contribution >= 0.6 is 23.6 Å². The van der Waals surface area contributed by atoms with Crippen molar-refractivity contribution < 1.29 is 0 Å². The molecule has 1 fully saturated rings. The lowest BCUT2D eigenvalue weighted by Gasteiger charge is -1.95. The molecule has 0 radical (unpaired) electrons. The molecule has 6 heteroatoms. The Morgan fingerprint density at radius 1 is 1.41 bits per heavy atom. The van der Waals surface area contributed by atoms with Crippen LogP contribution in [-0.4, -0.2) is 19.9 Å². The van der Waals surface area contributed by atoms with E-state index in [9.17, 15) is 0 Å². The SMILES string of the molecule is NC(=S)c1sc(-c2cnccn2)nc1C1CC1. The third kappa shape index (κ3) is 2.05. The normalized spacial score (nSPS) is 14.8. The number of nitrogens with two attached hydrogens (primary N) is 1. The van der Waals surface area contributed by atoms with Gasteiger partial charge in [-0.15, -0.1) is 11.3 Å². The van der Waals surface area contributed by atoms with Crippen molar-refractivity contribution in [2.45, 2.75) is 18.8 Å². The van der Waals surface area contributed by atoms with Gasteiger partial charge in [0.15, 0.2) is 0 Å². The Balaban J connectivity index is 2.07. The third-order valence-corrected chi connectivity index (χ3v) is 4.08. The van der Waals surface area contributed by atoms with Crippen LogP contribution in [0.25, 0.3) is 10.7 Å². The molecule has 0 atom stereocenters. The molecule has 0 saturated heterocycles. The molecular formula is C11H10N4S2. The van der Waals surface area contributed by atoms with Crippen molar-refractivity contribution in [3.05, 3.63) is 29.2 Å². The van der Waals surface area contributed by atoms with Crippen LogP contribution in [0.1, 0.15) is 29.3 Å². The lowest BCUT2D eigenvalue weighted by atomic mass is 10.2. The Labute approximate surface area is 108 Å². The predicted octanol–water partition coefficient (Wildman–Crippen LogP) is 2.11. The molecule has 0 aliphatic heterocycles. The van der Waals surface area contributed by atoms with Crippen molar-refractivity contribution in [1.82, 2.24) is 15.0 Å². The van der Waals surface area contributed by atoms with E-state index in [-0.39, 0.29) is 0 Å². The number of hydrogen-bond acceptors (Lipinski definition) is 5. The number of thiazole rings is 1. The van der Waals surface area contributed by atoms with Gasteiger partial charge in [0.2, 0.25) is 0 Å². The number of thiocarbonyl (C=S) groups is 1. The summed E-state index contributed by atoms with van der Waals surface area (Å²) in [6.07, 6.45) is 7.37. The molecule has 17 heavy (non-hydrogen) atoms. The summed E-state index contributed by atoms with van der Waals surface area (Å²) >= 11 is 6.58. The molecule has 3 rings (SSSR count). The first kappa shape index (κ1) is 10.7. The molecule has 1 saturated carbocycles. The van der Waals surface area contributed by atoms with E-state index < -0.39 is 0 Å². The molecule has 2 aromatic rings. The molecule has 0 spiro atoms. The number of aromatic nitrogens is 3. The van der Waals surface area contributed by atoms with Gasteiger partial charge in [0, 0.05) is 18.3 Å². The fourth-order valence-electron chi connectivity index (χ4n) is 1.66. The minimum absolute atomic E-state index is 0.430. The monoisotopic (exact) mass is 262 g/mol. The van der Waals surface area contributed by atoms with Crippen molar-refractivity contribution in [1.29, 1.82) is 0 Å². The minimum atomic E-state index is 0.430. The van der Waals surface area contributed by atoms with Gasteiger partial charge in [-0.05, 0) is 12.8 Å². The second-order valence-electron chi connectivity index (χ2n) is 3.96. The molecule has 0 unspecified atom stereocenters. The van der Waals surface area contributed by atoms with E-state index in [1.165, 1.54) is 24.2 Å². The van der Waals surface area contributed by atoms with E-state index in [4.69, 9.17) is 18.0 Å². The van der Waals surface area contributed by atoms with Crippen molar-refractivity contribution in [2.75, 3.05) is 0 Å². The summed E-state index contributed by atoms with van der Waals surface area (Å²) in [5, 5.41) is 0.850. The van der Waals surface area contributed by atoms with Crippen molar-refractivity contribution >= 4 is 28.5 Å². The first-order valence-corrected chi connectivity index (χ1v) is 6.55. The fourth-order valence-corrected chi connectivity index (χ4v) is 2.86. The molecule has 86 valence electrons. The Bertz CT molecular complexity index is 560. The molecule has 0 aromatic carbocycles. The molecule has 2 heterocycles. The van der Waals surface area contributed by atoms with E-state index in [0.29, 0.717) is 10.9 Å². The van der Waals surface area contributed by atoms with Crippen LogP contribution in [0.2, 0.25) is 0 Å². The van der Waals surface area contributed by atoms with Gasteiger partial charge in [-0.1, -0.05) is 12.2 Å². The van der Waals surface area contributed by atoms with Crippen LogP contribution in [0.4, 0.5) is 0 Å². The highest BCUT2D eigenvalue weighted by molar-refractivity contribution is 7.81. The second-order valence-corrected chi connectivity index (χ2v) is 5.40. The molecule has 1 aliphatic rings. The van der Waals surface area contributed by atoms with Crippen molar-refractivity contribution in [3.8, 4) is 10.7 Å². The zero-order chi connectivity index (χ0) is 11.8. The Morgan fingerprint density at radius 3 is 2.82 bits per heavy atom. The average Bonchev–Trinajstić information content (AvgIpc) is 3.09. The Hall–Kier alpha value is -1.40. The van der Waals surface area contributed by atoms with Crippen LogP contribution in [0, 0.1) is 0 Å². The minimum Gasteiger partial charge on any atom is -0.389 e. The zero-order valence-electron chi connectivity index (χ0n) is 8.96. The number of nitrogens with zero attached hydrogens (tertiary/aromatic N) is 3. The summed E-state index contributed by atoms with van der Waals surface area (Å²) in [4.78, 5) is 14.3. The maximum Gasteiger partial charge on any atom is 0.144 e.